The third-order valence-electron chi connectivity index (χ3n) is 1.92. The van der Waals surface area contributed by atoms with Gasteiger partial charge in [-0.2, -0.15) is 0 Å². The lowest BCUT2D eigenvalue weighted by Crippen LogP contribution is -1.75. The molecular formula is C10H7ClO2. The average molecular weight is 195 g/mol. The van der Waals surface area contributed by atoms with E-state index in [0.29, 0.717) is 5.39 Å². The summed E-state index contributed by atoms with van der Waals surface area (Å²) < 4.78 is 0. The van der Waals surface area contributed by atoms with Gasteiger partial charge in [0.15, 0.2) is 0 Å². The van der Waals surface area contributed by atoms with Crippen molar-refractivity contribution in [2.45, 2.75) is 0 Å². The molecule has 0 atom stereocenters. The molecule has 2 aromatic carbocycles. The SMILES string of the molecule is Oc1cc2c(O)cccc2cc1Cl. The summed E-state index contributed by atoms with van der Waals surface area (Å²) in [6.45, 7) is 0. The molecule has 0 radical (unpaired) electrons. The van der Waals surface area contributed by atoms with Gasteiger partial charge < -0.3 is 10.2 Å². The zero-order chi connectivity index (χ0) is 9.42. The van der Waals surface area contributed by atoms with Crippen LogP contribution in [0, 0.1) is 0 Å². The molecule has 0 saturated heterocycles. The van der Waals surface area contributed by atoms with Gasteiger partial charge in [0, 0.05) is 5.39 Å². The summed E-state index contributed by atoms with van der Waals surface area (Å²) in [6, 6.07) is 8.18. The van der Waals surface area contributed by atoms with E-state index in [1.165, 1.54) is 6.07 Å². The van der Waals surface area contributed by atoms with Gasteiger partial charge in [-0.3, -0.25) is 0 Å². The fraction of sp³-hybridized carbons (Fsp3) is 0. The second kappa shape index (κ2) is 2.82. The summed E-state index contributed by atoms with van der Waals surface area (Å²) in [5.41, 5.74) is 0. The molecule has 0 aliphatic carbocycles. The van der Waals surface area contributed by atoms with E-state index in [2.05, 4.69) is 0 Å². The van der Waals surface area contributed by atoms with Crippen LogP contribution in [-0.4, -0.2) is 10.2 Å². The van der Waals surface area contributed by atoms with Crippen LogP contribution < -0.4 is 0 Å². The lowest BCUT2D eigenvalue weighted by atomic mass is 10.1. The minimum atomic E-state index is -0.0179. The molecule has 2 aromatic rings. The van der Waals surface area contributed by atoms with Crippen molar-refractivity contribution < 1.29 is 10.2 Å². The number of hydrogen-bond donors (Lipinski definition) is 2. The van der Waals surface area contributed by atoms with Crippen LogP contribution in [-0.2, 0) is 0 Å². The predicted octanol–water partition coefficient (Wildman–Crippen LogP) is 2.90. The van der Waals surface area contributed by atoms with E-state index in [4.69, 9.17) is 11.6 Å². The van der Waals surface area contributed by atoms with Gasteiger partial charge in [-0.05, 0) is 23.6 Å². The topological polar surface area (TPSA) is 40.5 Å². The molecule has 13 heavy (non-hydrogen) atoms. The summed E-state index contributed by atoms with van der Waals surface area (Å²) >= 11 is 5.71. The van der Waals surface area contributed by atoms with Gasteiger partial charge in [-0.1, -0.05) is 23.7 Å². The molecule has 0 aromatic heterocycles. The zero-order valence-corrected chi connectivity index (χ0v) is 7.42. The molecule has 0 spiro atoms. The maximum Gasteiger partial charge on any atom is 0.134 e. The van der Waals surface area contributed by atoms with Crippen molar-refractivity contribution >= 4 is 22.4 Å². The predicted molar refractivity (Wildman–Crippen MR) is 52.3 cm³/mol. The van der Waals surface area contributed by atoms with Crippen LogP contribution >= 0.6 is 11.6 Å². The highest BCUT2D eigenvalue weighted by Crippen LogP contribution is 2.32. The van der Waals surface area contributed by atoms with Gasteiger partial charge >= 0.3 is 0 Å². The Balaban J connectivity index is 2.89. The van der Waals surface area contributed by atoms with E-state index in [-0.39, 0.29) is 16.5 Å². The number of phenols is 2. The smallest absolute Gasteiger partial charge is 0.134 e. The molecule has 0 amide bonds. The first-order chi connectivity index (χ1) is 6.18. The normalized spacial score (nSPS) is 10.5. The molecule has 0 fully saturated rings. The van der Waals surface area contributed by atoms with Gasteiger partial charge in [-0.15, -0.1) is 0 Å². The first kappa shape index (κ1) is 8.20. The van der Waals surface area contributed by atoms with Gasteiger partial charge in [0.05, 0.1) is 5.02 Å². The minimum absolute atomic E-state index is 0.0179. The monoisotopic (exact) mass is 194 g/mol. The zero-order valence-electron chi connectivity index (χ0n) is 6.66. The summed E-state index contributed by atoms with van der Waals surface area (Å²) in [6.07, 6.45) is 0. The Morgan fingerprint density at radius 2 is 1.77 bits per heavy atom. The van der Waals surface area contributed by atoms with Gasteiger partial charge in [0.1, 0.15) is 11.5 Å². The number of phenolic OH excluding ortho intramolecular Hbond substituents is 2. The van der Waals surface area contributed by atoms with Gasteiger partial charge in [0.2, 0.25) is 0 Å². The Labute approximate surface area is 80.0 Å². The fourth-order valence-electron chi connectivity index (χ4n) is 1.27. The maximum absolute atomic E-state index is 9.43. The van der Waals surface area contributed by atoms with Gasteiger partial charge in [0.25, 0.3) is 0 Å². The summed E-state index contributed by atoms with van der Waals surface area (Å²) in [4.78, 5) is 0. The van der Waals surface area contributed by atoms with Crippen molar-refractivity contribution in [3.63, 3.8) is 0 Å². The second-order valence-corrected chi connectivity index (χ2v) is 3.21. The highest BCUT2D eigenvalue weighted by atomic mass is 35.5. The van der Waals surface area contributed by atoms with E-state index in [1.807, 2.05) is 6.07 Å². The van der Waals surface area contributed by atoms with E-state index >= 15 is 0 Å². The molecule has 0 bridgehead atoms. The third kappa shape index (κ3) is 1.29. The van der Waals surface area contributed by atoms with Crippen LogP contribution in [0.3, 0.4) is 0 Å². The largest absolute Gasteiger partial charge is 0.507 e. The van der Waals surface area contributed by atoms with Crippen molar-refractivity contribution in [3.8, 4) is 11.5 Å². The van der Waals surface area contributed by atoms with E-state index in [9.17, 15) is 10.2 Å². The van der Waals surface area contributed by atoms with Crippen LogP contribution in [0.1, 0.15) is 0 Å². The fourth-order valence-corrected chi connectivity index (χ4v) is 1.44. The van der Waals surface area contributed by atoms with Crippen molar-refractivity contribution in [3.05, 3.63) is 35.4 Å². The average Bonchev–Trinajstić information content (AvgIpc) is 2.09. The van der Waals surface area contributed by atoms with E-state index in [1.54, 1.807) is 18.2 Å². The third-order valence-corrected chi connectivity index (χ3v) is 2.23. The van der Waals surface area contributed by atoms with Crippen LogP contribution in [0.2, 0.25) is 5.02 Å². The molecular weight excluding hydrogens is 188 g/mol. The number of aromatic hydroxyl groups is 2. The number of hydrogen-bond acceptors (Lipinski definition) is 2. The molecule has 0 aliphatic rings. The highest BCUT2D eigenvalue weighted by Gasteiger charge is 2.03. The Kier molecular flexibility index (Phi) is 1.78. The molecule has 3 heteroatoms. The first-order valence-corrected chi connectivity index (χ1v) is 4.16. The van der Waals surface area contributed by atoms with Crippen LogP contribution in [0.4, 0.5) is 0 Å². The summed E-state index contributed by atoms with van der Waals surface area (Å²) in [7, 11) is 0. The van der Waals surface area contributed by atoms with Crippen molar-refractivity contribution in [2.75, 3.05) is 0 Å². The molecule has 66 valence electrons. The van der Waals surface area contributed by atoms with Crippen molar-refractivity contribution in [1.29, 1.82) is 0 Å². The van der Waals surface area contributed by atoms with E-state index in [0.717, 1.165) is 5.39 Å². The molecule has 2 N–H and O–H groups in total. The highest BCUT2D eigenvalue weighted by molar-refractivity contribution is 6.32. The lowest BCUT2D eigenvalue weighted by Gasteiger charge is -2.02. The molecule has 0 unspecified atom stereocenters. The molecule has 0 saturated carbocycles. The van der Waals surface area contributed by atoms with Gasteiger partial charge in [-0.25, -0.2) is 0 Å². The number of fused-ring (bicyclic) bond motifs is 1. The van der Waals surface area contributed by atoms with Crippen LogP contribution in [0.25, 0.3) is 10.8 Å². The lowest BCUT2D eigenvalue weighted by molar-refractivity contribution is 0.472. The number of halogens is 1. The molecule has 2 rings (SSSR count). The Bertz CT molecular complexity index is 466. The number of benzene rings is 2. The Hall–Kier alpha value is -1.41. The molecule has 0 aliphatic heterocycles. The molecule has 2 nitrogen and oxygen atoms in total. The first-order valence-electron chi connectivity index (χ1n) is 3.78. The number of rotatable bonds is 0. The minimum Gasteiger partial charge on any atom is -0.507 e. The van der Waals surface area contributed by atoms with Crippen molar-refractivity contribution in [2.24, 2.45) is 0 Å². The molecule has 0 heterocycles. The Morgan fingerprint density at radius 3 is 2.54 bits per heavy atom. The van der Waals surface area contributed by atoms with E-state index < -0.39 is 0 Å². The summed E-state index contributed by atoms with van der Waals surface area (Å²) in [5.74, 6) is 0.125. The Morgan fingerprint density at radius 1 is 1.00 bits per heavy atom. The summed E-state index contributed by atoms with van der Waals surface area (Å²) in [5, 5.41) is 20.4. The van der Waals surface area contributed by atoms with Crippen LogP contribution in [0.5, 0.6) is 11.5 Å². The standard InChI is InChI=1S/C10H7ClO2/c11-8-4-6-2-1-3-9(12)7(6)5-10(8)13/h1-5,12-13H. The van der Waals surface area contributed by atoms with Crippen LogP contribution in [0.15, 0.2) is 30.3 Å². The quantitative estimate of drug-likeness (QED) is 0.677. The van der Waals surface area contributed by atoms with Crippen molar-refractivity contribution in [1.82, 2.24) is 0 Å². The second-order valence-electron chi connectivity index (χ2n) is 2.80. The maximum atomic E-state index is 9.43.